The van der Waals surface area contributed by atoms with Gasteiger partial charge in [0.25, 0.3) is 0 Å². The first-order valence-electron chi connectivity index (χ1n) is 7.27. The summed E-state index contributed by atoms with van der Waals surface area (Å²) in [5.41, 5.74) is 0.268. The topological polar surface area (TPSA) is 87.0 Å². The number of aliphatic carboxylic acids is 1. The van der Waals surface area contributed by atoms with Crippen LogP contribution in [0.25, 0.3) is 0 Å². The minimum atomic E-state index is -1.87. The molecule has 0 amide bonds. The Morgan fingerprint density at radius 1 is 1.35 bits per heavy atom. The van der Waals surface area contributed by atoms with Crippen LogP contribution in [0.5, 0.6) is 0 Å². The average molecular weight is 282 g/mol. The molecule has 0 radical (unpaired) electrons. The minimum absolute atomic E-state index is 0.126. The smallest absolute Gasteiger partial charge is 0.338 e. The van der Waals surface area contributed by atoms with Gasteiger partial charge in [0.2, 0.25) is 0 Å². The molecule has 0 aromatic carbocycles. The van der Waals surface area contributed by atoms with Gasteiger partial charge in [-0.2, -0.15) is 0 Å². The van der Waals surface area contributed by atoms with Gasteiger partial charge < -0.3 is 20.1 Å². The Labute approximate surface area is 118 Å². The molecule has 112 valence electrons. The van der Waals surface area contributed by atoms with Crippen LogP contribution in [0.1, 0.15) is 46.0 Å². The van der Waals surface area contributed by atoms with E-state index < -0.39 is 29.4 Å². The molecule has 1 spiro atoms. The molecule has 5 atom stereocenters. The number of carbonyl (C=O) groups is 1. The maximum atomic E-state index is 11.4. The van der Waals surface area contributed by atoms with Gasteiger partial charge in [0, 0.05) is 5.41 Å². The van der Waals surface area contributed by atoms with Gasteiger partial charge in [-0.25, -0.2) is 4.79 Å². The Balaban J connectivity index is 2.05. The van der Waals surface area contributed by atoms with Crippen molar-refractivity contribution in [2.45, 2.75) is 63.9 Å². The van der Waals surface area contributed by atoms with E-state index in [1.54, 1.807) is 0 Å². The molecule has 20 heavy (non-hydrogen) atoms. The Bertz CT molecular complexity index is 481. The van der Waals surface area contributed by atoms with E-state index in [0.29, 0.717) is 12.8 Å². The second kappa shape index (κ2) is 4.29. The van der Waals surface area contributed by atoms with Crippen molar-refractivity contribution in [1.82, 2.24) is 0 Å². The van der Waals surface area contributed by atoms with Gasteiger partial charge in [-0.05, 0) is 51.9 Å². The summed E-state index contributed by atoms with van der Waals surface area (Å²) in [5.74, 6) is -1.12. The van der Waals surface area contributed by atoms with Gasteiger partial charge in [0.05, 0.1) is 0 Å². The largest absolute Gasteiger partial charge is 0.479 e. The number of aliphatic hydroxyl groups excluding tert-OH is 1. The van der Waals surface area contributed by atoms with Gasteiger partial charge in [0.1, 0.15) is 6.10 Å². The molecule has 1 aliphatic heterocycles. The fourth-order valence-electron chi connectivity index (χ4n) is 4.50. The molecular formula is C15H22O5. The van der Waals surface area contributed by atoms with Crippen molar-refractivity contribution in [3.8, 4) is 0 Å². The van der Waals surface area contributed by atoms with Crippen molar-refractivity contribution in [3.63, 3.8) is 0 Å². The summed E-state index contributed by atoms with van der Waals surface area (Å²) in [6, 6.07) is 0. The lowest BCUT2D eigenvalue weighted by Crippen LogP contribution is -2.49. The zero-order valence-electron chi connectivity index (χ0n) is 11.9. The Hall–Kier alpha value is -0.910. The Morgan fingerprint density at radius 3 is 2.65 bits per heavy atom. The van der Waals surface area contributed by atoms with Gasteiger partial charge in [-0.1, -0.05) is 11.1 Å². The van der Waals surface area contributed by atoms with E-state index >= 15 is 0 Å². The molecule has 5 unspecified atom stereocenters. The second-order valence-corrected chi connectivity index (χ2v) is 6.76. The molecule has 1 saturated heterocycles. The Morgan fingerprint density at radius 2 is 2.05 bits per heavy atom. The van der Waals surface area contributed by atoms with E-state index in [4.69, 9.17) is 4.74 Å². The van der Waals surface area contributed by atoms with Crippen LogP contribution in [0, 0.1) is 11.3 Å². The molecule has 3 fully saturated rings. The highest BCUT2D eigenvalue weighted by Crippen LogP contribution is 2.61. The first kappa shape index (κ1) is 14.0. The molecule has 0 aromatic heterocycles. The number of aliphatic hydroxyl groups is 2. The molecule has 3 N–H and O–H groups in total. The van der Waals surface area contributed by atoms with Crippen LogP contribution in [-0.2, 0) is 9.53 Å². The molecule has 2 aliphatic carbocycles. The molecular weight excluding hydrogens is 260 g/mol. The summed E-state index contributed by atoms with van der Waals surface area (Å²) in [4.78, 5) is 11.4. The maximum Gasteiger partial charge on any atom is 0.338 e. The average Bonchev–Trinajstić information content (AvgIpc) is 2.86. The van der Waals surface area contributed by atoms with E-state index in [1.807, 2.05) is 0 Å². The van der Waals surface area contributed by atoms with Crippen LogP contribution < -0.4 is 0 Å². The number of carboxylic acids is 1. The highest BCUT2D eigenvalue weighted by atomic mass is 16.6. The fourth-order valence-corrected chi connectivity index (χ4v) is 4.50. The molecule has 2 saturated carbocycles. The second-order valence-electron chi connectivity index (χ2n) is 6.76. The van der Waals surface area contributed by atoms with Gasteiger partial charge in [-0.15, -0.1) is 0 Å². The first-order chi connectivity index (χ1) is 9.31. The lowest BCUT2D eigenvalue weighted by Gasteiger charge is -2.34. The fraction of sp³-hybridized carbons (Fsp3) is 0.800. The number of ether oxygens (including phenoxy) is 1. The quantitative estimate of drug-likeness (QED) is 0.633. The number of carboxylic acid groups (broad SMARTS) is 1. The number of allylic oxidation sites excluding steroid dienone is 2. The van der Waals surface area contributed by atoms with Crippen LogP contribution in [-0.4, -0.2) is 39.3 Å². The SMILES string of the molecule is CC(C)=C1CCC23CC(OC2O)C(O)(C(=O)O)CCC13. The highest BCUT2D eigenvalue weighted by molar-refractivity contribution is 5.78. The van der Waals surface area contributed by atoms with E-state index in [0.717, 1.165) is 12.8 Å². The third-order valence-corrected chi connectivity index (χ3v) is 5.68. The van der Waals surface area contributed by atoms with Crippen molar-refractivity contribution in [2.24, 2.45) is 11.3 Å². The Kier molecular flexibility index (Phi) is 3.01. The van der Waals surface area contributed by atoms with Gasteiger partial charge in [0.15, 0.2) is 11.9 Å². The summed E-state index contributed by atoms with van der Waals surface area (Å²) in [5, 5.41) is 30.1. The summed E-state index contributed by atoms with van der Waals surface area (Å²) in [6.45, 7) is 4.12. The van der Waals surface area contributed by atoms with Crippen LogP contribution in [0.3, 0.4) is 0 Å². The van der Waals surface area contributed by atoms with Gasteiger partial charge >= 0.3 is 5.97 Å². The molecule has 5 heteroatoms. The number of hydrogen-bond donors (Lipinski definition) is 3. The summed E-state index contributed by atoms with van der Waals surface area (Å²) < 4.78 is 5.48. The molecule has 3 aliphatic rings. The van der Waals surface area contributed by atoms with Crippen LogP contribution in [0.2, 0.25) is 0 Å². The van der Waals surface area contributed by atoms with E-state index in [9.17, 15) is 20.1 Å². The minimum Gasteiger partial charge on any atom is -0.479 e. The third-order valence-electron chi connectivity index (χ3n) is 5.68. The van der Waals surface area contributed by atoms with Gasteiger partial charge in [-0.3, -0.25) is 0 Å². The lowest BCUT2D eigenvalue weighted by molar-refractivity contribution is -0.204. The molecule has 2 bridgehead atoms. The molecule has 1 heterocycles. The molecule has 5 nitrogen and oxygen atoms in total. The molecule has 0 aromatic rings. The van der Waals surface area contributed by atoms with E-state index in [2.05, 4.69) is 13.8 Å². The third kappa shape index (κ3) is 1.63. The first-order valence-corrected chi connectivity index (χ1v) is 7.27. The number of fused-ring (bicyclic) bond motifs is 1. The highest BCUT2D eigenvalue weighted by Gasteiger charge is 2.64. The lowest BCUT2D eigenvalue weighted by atomic mass is 9.73. The molecule has 3 rings (SSSR count). The van der Waals surface area contributed by atoms with Crippen LogP contribution in [0.4, 0.5) is 0 Å². The van der Waals surface area contributed by atoms with E-state index in [-0.39, 0.29) is 12.3 Å². The predicted molar refractivity (Wildman–Crippen MR) is 70.8 cm³/mol. The number of hydrogen-bond acceptors (Lipinski definition) is 4. The standard InChI is InChI=1S/C15H22O5/c1-8(2)9-3-5-14-7-11(20-13(14)18)15(19,12(16)17)6-4-10(9)14/h10-11,13,18-19H,3-7H2,1-2H3,(H,16,17). The van der Waals surface area contributed by atoms with Crippen molar-refractivity contribution >= 4 is 5.97 Å². The summed E-state index contributed by atoms with van der Waals surface area (Å²) in [6.07, 6.45) is 1.18. The van der Waals surface area contributed by atoms with Crippen LogP contribution in [0.15, 0.2) is 11.1 Å². The maximum absolute atomic E-state index is 11.4. The van der Waals surface area contributed by atoms with Crippen LogP contribution >= 0.6 is 0 Å². The predicted octanol–water partition coefficient (Wildman–Crippen LogP) is 1.44. The zero-order chi connectivity index (χ0) is 14.7. The van der Waals surface area contributed by atoms with Crippen molar-refractivity contribution in [2.75, 3.05) is 0 Å². The van der Waals surface area contributed by atoms with Crippen molar-refractivity contribution < 1.29 is 24.9 Å². The van der Waals surface area contributed by atoms with Crippen molar-refractivity contribution in [1.29, 1.82) is 0 Å². The summed E-state index contributed by atoms with van der Waals surface area (Å²) in [7, 11) is 0. The van der Waals surface area contributed by atoms with Crippen molar-refractivity contribution in [3.05, 3.63) is 11.1 Å². The normalized spacial score (nSPS) is 47.0. The van der Waals surface area contributed by atoms with E-state index in [1.165, 1.54) is 11.1 Å². The summed E-state index contributed by atoms with van der Waals surface area (Å²) >= 11 is 0. The monoisotopic (exact) mass is 282 g/mol. The zero-order valence-corrected chi connectivity index (χ0v) is 11.9. The number of rotatable bonds is 1.